The van der Waals surface area contributed by atoms with Gasteiger partial charge in [0.25, 0.3) is 0 Å². The SMILES string of the molecule is Cc1ccc(CCCC(=O)CCCCCCCCC(=O)O)cc1O. The molecule has 134 valence electrons. The zero-order chi connectivity index (χ0) is 17.8. The van der Waals surface area contributed by atoms with E-state index in [1.54, 1.807) is 6.07 Å². The van der Waals surface area contributed by atoms with E-state index in [2.05, 4.69) is 0 Å². The van der Waals surface area contributed by atoms with Gasteiger partial charge in [-0.25, -0.2) is 0 Å². The fraction of sp³-hybridized carbons (Fsp3) is 0.600. The largest absolute Gasteiger partial charge is 0.508 e. The van der Waals surface area contributed by atoms with E-state index >= 15 is 0 Å². The Bertz CT molecular complexity index is 522. The van der Waals surface area contributed by atoms with E-state index in [9.17, 15) is 14.7 Å². The second-order valence-corrected chi connectivity index (χ2v) is 6.53. The topological polar surface area (TPSA) is 74.6 Å². The highest BCUT2D eigenvalue weighted by atomic mass is 16.4. The molecule has 0 bridgehead atoms. The second kappa shape index (κ2) is 11.7. The Labute approximate surface area is 144 Å². The lowest BCUT2D eigenvalue weighted by Crippen LogP contribution is -1.99. The van der Waals surface area contributed by atoms with Gasteiger partial charge in [0.2, 0.25) is 0 Å². The Morgan fingerprint density at radius 1 is 0.875 bits per heavy atom. The van der Waals surface area contributed by atoms with Gasteiger partial charge in [-0.05, 0) is 49.8 Å². The van der Waals surface area contributed by atoms with Gasteiger partial charge < -0.3 is 10.2 Å². The van der Waals surface area contributed by atoms with E-state index in [1.165, 1.54) is 0 Å². The number of unbranched alkanes of at least 4 members (excludes halogenated alkanes) is 5. The van der Waals surface area contributed by atoms with E-state index in [4.69, 9.17) is 5.11 Å². The summed E-state index contributed by atoms with van der Waals surface area (Å²) in [7, 11) is 0. The standard InChI is InChI=1S/C20H30O4/c1-16-13-14-17(15-19(16)22)9-8-11-18(21)10-6-4-2-3-5-7-12-20(23)24/h13-15,22H,2-12H2,1H3,(H,23,24). The summed E-state index contributed by atoms with van der Waals surface area (Å²) in [5.41, 5.74) is 1.95. The van der Waals surface area contributed by atoms with Crippen molar-refractivity contribution in [3.8, 4) is 5.75 Å². The van der Waals surface area contributed by atoms with Crippen molar-refractivity contribution in [1.82, 2.24) is 0 Å². The molecule has 1 rings (SSSR count). The lowest BCUT2D eigenvalue weighted by Gasteiger charge is -2.05. The number of hydrogen-bond acceptors (Lipinski definition) is 3. The highest BCUT2D eigenvalue weighted by Gasteiger charge is 2.04. The minimum Gasteiger partial charge on any atom is -0.508 e. The number of aryl methyl sites for hydroxylation is 2. The van der Waals surface area contributed by atoms with Gasteiger partial charge in [0.15, 0.2) is 0 Å². The van der Waals surface area contributed by atoms with Gasteiger partial charge in [-0.15, -0.1) is 0 Å². The van der Waals surface area contributed by atoms with Gasteiger partial charge in [-0.3, -0.25) is 9.59 Å². The van der Waals surface area contributed by atoms with Gasteiger partial charge in [-0.1, -0.05) is 37.8 Å². The Morgan fingerprint density at radius 3 is 2.08 bits per heavy atom. The maximum absolute atomic E-state index is 11.8. The first kappa shape index (κ1) is 20.2. The number of phenols is 1. The third-order valence-electron chi connectivity index (χ3n) is 4.29. The molecule has 4 heteroatoms. The van der Waals surface area contributed by atoms with Crippen LogP contribution in [-0.2, 0) is 16.0 Å². The molecule has 0 amide bonds. The minimum absolute atomic E-state index is 0.261. The van der Waals surface area contributed by atoms with Crippen molar-refractivity contribution in [2.24, 2.45) is 0 Å². The predicted octanol–water partition coefficient (Wildman–Crippen LogP) is 4.80. The fourth-order valence-electron chi connectivity index (χ4n) is 2.73. The summed E-state index contributed by atoms with van der Waals surface area (Å²) in [6.07, 6.45) is 8.99. The Kier molecular flexibility index (Phi) is 9.81. The zero-order valence-corrected chi connectivity index (χ0v) is 14.7. The third-order valence-corrected chi connectivity index (χ3v) is 4.29. The summed E-state index contributed by atoms with van der Waals surface area (Å²) < 4.78 is 0. The molecule has 0 radical (unpaired) electrons. The van der Waals surface area contributed by atoms with Gasteiger partial charge in [0.1, 0.15) is 11.5 Å². The van der Waals surface area contributed by atoms with Gasteiger partial charge in [0, 0.05) is 19.3 Å². The lowest BCUT2D eigenvalue weighted by atomic mass is 10.0. The molecule has 0 saturated carbocycles. The van der Waals surface area contributed by atoms with Crippen LogP contribution in [0.5, 0.6) is 5.75 Å². The van der Waals surface area contributed by atoms with Crippen molar-refractivity contribution >= 4 is 11.8 Å². The Balaban J connectivity index is 2.00. The van der Waals surface area contributed by atoms with Gasteiger partial charge >= 0.3 is 5.97 Å². The quantitative estimate of drug-likeness (QED) is 0.508. The number of carbonyl (C=O) groups excluding carboxylic acids is 1. The molecule has 0 aliphatic carbocycles. The van der Waals surface area contributed by atoms with E-state index in [-0.39, 0.29) is 6.42 Å². The van der Waals surface area contributed by atoms with Crippen LogP contribution in [-0.4, -0.2) is 22.0 Å². The third kappa shape index (κ3) is 9.33. The molecule has 0 fully saturated rings. The summed E-state index contributed by atoms with van der Waals surface area (Å²) in [5.74, 6) is -0.0826. The summed E-state index contributed by atoms with van der Waals surface area (Å²) in [4.78, 5) is 22.2. The van der Waals surface area contributed by atoms with E-state index < -0.39 is 5.97 Å². The van der Waals surface area contributed by atoms with E-state index in [0.29, 0.717) is 24.4 Å². The summed E-state index contributed by atoms with van der Waals surface area (Å²) in [5, 5.41) is 18.2. The number of aromatic hydroxyl groups is 1. The molecule has 4 nitrogen and oxygen atoms in total. The van der Waals surface area contributed by atoms with Crippen molar-refractivity contribution in [3.63, 3.8) is 0 Å². The van der Waals surface area contributed by atoms with Crippen LogP contribution >= 0.6 is 0 Å². The Morgan fingerprint density at radius 2 is 1.46 bits per heavy atom. The van der Waals surface area contributed by atoms with E-state index in [1.807, 2.05) is 19.1 Å². The van der Waals surface area contributed by atoms with Crippen LogP contribution in [0.25, 0.3) is 0 Å². The average molecular weight is 334 g/mol. The number of carboxylic acid groups (broad SMARTS) is 1. The maximum atomic E-state index is 11.8. The summed E-state index contributed by atoms with van der Waals surface area (Å²) in [6.45, 7) is 1.87. The first-order valence-corrected chi connectivity index (χ1v) is 9.01. The van der Waals surface area contributed by atoms with Crippen molar-refractivity contribution in [1.29, 1.82) is 0 Å². The molecular formula is C20H30O4. The first-order chi connectivity index (χ1) is 11.5. The molecule has 0 atom stereocenters. The van der Waals surface area contributed by atoms with Crippen LogP contribution in [0.15, 0.2) is 18.2 Å². The molecule has 0 saturated heterocycles. The molecule has 0 unspecified atom stereocenters. The average Bonchev–Trinajstić information content (AvgIpc) is 2.53. The summed E-state index contributed by atoms with van der Waals surface area (Å²) in [6, 6.07) is 5.69. The van der Waals surface area contributed by atoms with Crippen LogP contribution in [0.4, 0.5) is 0 Å². The second-order valence-electron chi connectivity index (χ2n) is 6.53. The number of rotatable bonds is 13. The van der Waals surface area contributed by atoms with Gasteiger partial charge in [-0.2, -0.15) is 0 Å². The normalized spacial score (nSPS) is 10.7. The van der Waals surface area contributed by atoms with Crippen LogP contribution in [0.2, 0.25) is 0 Å². The fourth-order valence-corrected chi connectivity index (χ4v) is 2.73. The number of phenolic OH excluding ortho intramolecular Hbond substituents is 1. The monoisotopic (exact) mass is 334 g/mol. The number of benzene rings is 1. The molecule has 0 aromatic heterocycles. The first-order valence-electron chi connectivity index (χ1n) is 9.01. The van der Waals surface area contributed by atoms with Crippen molar-refractivity contribution in [3.05, 3.63) is 29.3 Å². The maximum Gasteiger partial charge on any atom is 0.303 e. The highest BCUT2D eigenvalue weighted by Crippen LogP contribution is 2.19. The minimum atomic E-state index is -0.721. The number of carboxylic acids is 1. The molecule has 1 aromatic rings. The van der Waals surface area contributed by atoms with Crippen LogP contribution in [0.1, 0.15) is 75.3 Å². The molecule has 0 spiro atoms. The lowest BCUT2D eigenvalue weighted by molar-refractivity contribution is -0.137. The molecule has 0 aliphatic rings. The molecule has 0 aliphatic heterocycles. The summed E-state index contributed by atoms with van der Waals surface area (Å²) >= 11 is 0. The molecule has 2 N–H and O–H groups in total. The van der Waals surface area contributed by atoms with E-state index in [0.717, 1.165) is 62.5 Å². The predicted molar refractivity (Wildman–Crippen MR) is 95.4 cm³/mol. The number of carbonyl (C=O) groups is 2. The molecular weight excluding hydrogens is 304 g/mol. The highest BCUT2D eigenvalue weighted by molar-refractivity contribution is 5.78. The van der Waals surface area contributed by atoms with Crippen LogP contribution < -0.4 is 0 Å². The Hall–Kier alpha value is -1.84. The number of Topliss-reactive ketones (excluding diaryl/α,β-unsaturated/α-hetero) is 1. The molecule has 1 aromatic carbocycles. The number of hydrogen-bond donors (Lipinski definition) is 2. The van der Waals surface area contributed by atoms with Crippen LogP contribution in [0, 0.1) is 6.92 Å². The molecule has 0 heterocycles. The number of aliphatic carboxylic acids is 1. The van der Waals surface area contributed by atoms with Crippen LogP contribution in [0.3, 0.4) is 0 Å². The van der Waals surface area contributed by atoms with Crippen molar-refractivity contribution < 1.29 is 19.8 Å². The smallest absolute Gasteiger partial charge is 0.303 e. The number of ketones is 1. The van der Waals surface area contributed by atoms with Crippen molar-refractivity contribution in [2.75, 3.05) is 0 Å². The molecule has 24 heavy (non-hydrogen) atoms. The zero-order valence-electron chi connectivity index (χ0n) is 14.7. The van der Waals surface area contributed by atoms with Gasteiger partial charge in [0.05, 0.1) is 0 Å². The van der Waals surface area contributed by atoms with Crippen molar-refractivity contribution in [2.45, 2.75) is 77.6 Å².